The van der Waals surface area contributed by atoms with E-state index >= 15 is 0 Å². The lowest BCUT2D eigenvalue weighted by molar-refractivity contribution is 0.0977. The Morgan fingerprint density at radius 2 is 1.73 bits per heavy atom. The highest BCUT2D eigenvalue weighted by Crippen LogP contribution is 2.22. The van der Waals surface area contributed by atoms with E-state index in [9.17, 15) is 13.2 Å². The van der Waals surface area contributed by atoms with Gasteiger partial charge in [-0.1, -0.05) is 32.8 Å². The van der Waals surface area contributed by atoms with Crippen molar-refractivity contribution >= 4 is 38.9 Å². The first kappa shape index (κ1) is 25.1. The molecule has 0 saturated carbocycles. The van der Waals surface area contributed by atoms with Gasteiger partial charge < -0.3 is 10.1 Å². The number of benzene rings is 2. The van der Waals surface area contributed by atoms with Gasteiger partial charge in [0.15, 0.2) is 5.11 Å². The van der Waals surface area contributed by atoms with Crippen LogP contribution in [0.2, 0.25) is 0 Å². The average molecular weight is 490 g/mol. The molecule has 3 rings (SSSR count). The van der Waals surface area contributed by atoms with Gasteiger partial charge in [0.05, 0.1) is 11.5 Å². The molecule has 1 aliphatic heterocycles. The van der Waals surface area contributed by atoms with Crippen molar-refractivity contribution in [1.29, 1.82) is 0 Å². The molecule has 7 nitrogen and oxygen atoms in total. The first-order valence-corrected chi connectivity index (χ1v) is 13.1. The number of nitrogens with one attached hydrogen (secondary N) is 2. The van der Waals surface area contributed by atoms with Crippen LogP contribution in [0.4, 0.5) is 5.69 Å². The molecule has 0 unspecified atom stereocenters. The predicted molar refractivity (Wildman–Crippen MR) is 134 cm³/mol. The number of hydrogen-bond donors (Lipinski definition) is 2. The summed E-state index contributed by atoms with van der Waals surface area (Å²) in [7, 11) is -3.51. The van der Waals surface area contributed by atoms with Gasteiger partial charge in [-0.15, -0.1) is 0 Å². The second kappa shape index (κ2) is 11.6. The van der Waals surface area contributed by atoms with Crippen LogP contribution >= 0.6 is 12.2 Å². The highest BCUT2D eigenvalue weighted by atomic mass is 32.2. The molecule has 1 saturated heterocycles. The molecule has 0 spiro atoms. The van der Waals surface area contributed by atoms with Crippen LogP contribution in [0.15, 0.2) is 53.4 Å². The second-order valence-corrected chi connectivity index (χ2v) is 10.8. The summed E-state index contributed by atoms with van der Waals surface area (Å²) in [6, 6.07) is 13.3. The third kappa shape index (κ3) is 7.25. The first-order valence-electron chi connectivity index (χ1n) is 11.2. The van der Waals surface area contributed by atoms with E-state index in [0.29, 0.717) is 42.6 Å². The molecule has 2 aromatic carbocycles. The molecular formula is C24H31N3O4S2. The smallest absolute Gasteiger partial charge is 0.257 e. The maximum Gasteiger partial charge on any atom is 0.257 e. The van der Waals surface area contributed by atoms with Crippen molar-refractivity contribution in [3.63, 3.8) is 0 Å². The van der Waals surface area contributed by atoms with Crippen LogP contribution in [0.25, 0.3) is 0 Å². The molecular weight excluding hydrogens is 458 g/mol. The SMILES string of the molecule is CC(C)COc1cccc(C(=O)NC(=S)Nc2ccc(S(=O)(=O)N3CCCCCC3)cc2)c1. The Hall–Kier alpha value is -2.49. The molecule has 1 amide bonds. The number of anilines is 1. The third-order valence-corrected chi connectivity index (χ3v) is 7.34. The molecule has 0 aliphatic carbocycles. The number of carbonyl (C=O) groups is 1. The number of thiocarbonyl (C=S) groups is 1. The zero-order valence-electron chi connectivity index (χ0n) is 19.0. The average Bonchev–Trinajstić information content (AvgIpc) is 3.08. The number of nitrogens with zero attached hydrogens (tertiary/aromatic N) is 1. The molecule has 0 atom stereocenters. The van der Waals surface area contributed by atoms with Crippen LogP contribution in [0.5, 0.6) is 5.75 Å². The summed E-state index contributed by atoms with van der Waals surface area (Å²) in [5, 5.41) is 5.69. The summed E-state index contributed by atoms with van der Waals surface area (Å²) in [5.41, 5.74) is 1.02. The second-order valence-electron chi connectivity index (χ2n) is 8.48. The minimum absolute atomic E-state index is 0.122. The van der Waals surface area contributed by atoms with Crippen molar-refractivity contribution in [3.8, 4) is 5.75 Å². The largest absolute Gasteiger partial charge is 0.493 e. The van der Waals surface area contributed by atoms with Crippen molar-refractivity contribution in [1.82, 2.24) is 9.62 Å². The lowest BCUT2D eigenvalue weighted by Gasteiger charge is -2.20. The van der Waals surface area contributed by atoms with Crippen molar-refractivity contribution < 1.29 is 17.9 Å². The standard InChI is InChI=1S/C24H31N3O4S2/c1-18(2)17-31-21-9-7-8-19(16-21)23(28)26-24(32)25-20-10-12-22(13-11-20)33(29,30)27-14-5-3-4-6-15-27/h7-13,16,18H,3-6,14-15,17H2,1-2H3,(H2,25,26,28,32). The molecule has 1 aliphatic rings. The maximum atomic E-state index is 12.9. The molecule has 0 radical (unpaired) electrons. The van der Waals surface area contributed by atoms with Gasteiger partial charge in [-0.2, -0.15) is 4.31 Å². The number of ether oxygens (including phenoxy) is 1. The Morgan fingerprint density at radius 1 is 1.06 bits per heavy atom. The summed E-state index contributed by atoms with van der Waals surface area (Å²) in [6.07, 6.45) is 3.90. The van der Waals surface area contributed by atoms with E-state index in [0.717, 1.165) is 25.7 Å². The predicted octanol–water partition coefficient (Wildman–Crippen LogP) is 4.41. The van der Waals surface area contributed by atoms with Crippen LogP contribution in [0.3, 0.4) is 0 Å². The first-order chi connectivity index (χ1) is 15.8. The van der Waals surface area contributed by atoms with Crippen molar-refractivity contribution in [2.45, 2.75) is 44.4 Å². The molecule has 1 heterocycles. The number of sulfonamides is 1. The zero-order chi connectivity index (χ0) is 23.8. The number of hydrogen-bond acceptors (Lipinski definition) is 5. The molecule has 2 N–H and O–H groups in total. The van der Waals surface area contributed by atoms with Crippen molar-refractivity contribution in [2.75, 3.05) is 25.0 Å². The van der Waals surface area contributed by atoms with E-state index in [1.165, 1.54) is 0 Å². The molecule has 33 heavy (non-hydrogen) atoms. The molecule has 0 aromatic heterocycles. The lowest BCUT2D eigenvalue weighted by atomic mass is 10.2. The fraction of sp³-hybridized carbons (Fsp3) is 0.417. The van der Waals surface area contributed by atoms with Crippen LogP contribution in [-0.4, -0.2) is 43.4 Å². The fourth-order valence-corrected chi connectivity index (χ4v) is 5.20. The summed E-state index contributed by atoms with van der Waals surface area (Å²) >= 11 is 5.25. The van der Waals surface area contributed by atoms with Gasteiger partial charge >= 0.3 is 0 Å². The molecule has 9 heteroatoms. The zero-order valence-corrected chi connectivity index (χ0v) is 20.7. The van der Waals surface area contributed by atoms with E-state index in [4.69, 9.17) is 17.0 Å². The molecule has 2 aromatic rings. The number of amides is 1. The minimum Gasteiger partial charge on any atom is -0.493 e. The van der Waals surface area contributed by atoms with Crippen LogP contribution in [-0.2, 0) is 10.0 Å². The van der Waals surface area contributed by atoms with Crippen molar-refractivity contribution in [2.24, 2.45) is 5.92 Å². The number of carbonyl (C=O) groups excluding carboxylic acids is 1. The summed E-state index contributed by atoms with van der Waals surface area (Å²) in [6.45, 7) is 5.79. The van der Waals surface area contributed by atoms with Crippen LogP contribution < -0.4 is 15.4 Å². The van der Waals surface area contributed by atoms with Crippen LogP contribution in [0, 0.1) is 5.92 Å². The molecule has 1 fully saturated rings. The van der Waals surface area contributed by atoms with Gasteiger partial charge in [-0.3, -0.25) is 10.1 Å². The Morgan fingerprint density at radius 3 is 2.36 bits per heavy atom. The molecule has 0 bridgehead atoms. The van der Waals surface area contributed by atoms with E-state index < -0.39 is 10.0 Å². The van der Waals surface area contributed by atoms with E-state index in [1.807, 2.05) is 0 Å². The Balaban J connectivity index is 1.58. The summed E-state index contributed by atoms with van der Waals surface area (Å²) < 4.78 is 33.0. The number of rotatable bonds is 7. The van der Waals surface area contributed by atoms with E-state index in [2.05, 4.69) is 24.5 Å². The highest BCUT2D eigenvalue weighted by molar-refractivity contribution is 7.89. The molecule has 178 valence electrons. The fourth-order valence-electron chi connectivity index (χ4n) is 3.47. The topological polar surface area (TPSA) is 87.7 Å². The Kier molecular flexibility index (Phi) is 8.82. The van der Waals surface area contributed by atoms with Crippen LogP contribution in [0.1, 0.15) is 49.9 Å². The minimum atomic E-state index is -3.51. The highest BCUT2D eigenvalue weighted by Gasteiger charge is 2.25. The van der Waals surface area contributed by atoms with E-state index in [1.54, 1.807) is 52.8 Å². The lowest BCUT2D eigenvalue weighted by Crippen LogP contribution is -2.34. The third-order valence-electron chi connectivity index (χ3n) is 5.22. The Labute approximate surface area is 201 Å². The van der Waals surface area contributed by atoms with Gasteiger partial charge in [-0.25, -0.2) is 8.42 Å². The monoisotopic (exact) mass is 489 g/mol. The van der Waals surface area contributed by atoms with Gasteiger partial charge in [-0.05, 0) is 73.4 Å². The Bertz CT molecular complexity index is 1060. The van der Waals surface area contributed by atoms with Gasteiger partial charge in [0.2, 0.25) is 10.0 Å². The van der Waals surface area contributed by atoms with Crippen molar-refractivity contribution in [3.05, 3.63) is 54.1 Å². The van der Waals surface area contributed by atoms with Gasteiger partial charge in [0.25, 0.3) is 5.91 Å². The van der Waals surface area contributed by atoms with Gasteiger partial charge in [0.1, 0.15) is 5.75 Å². The summed E-state index contributed by atoms with van der Waals surface area (Å²) in [5.74, 6) is 0.643. The normalized spacial score (nSPS) is 15.0. The summed E-state index contributed by atoms with van der Waals surface area (Å²) in [4.78, 5) is 12.8. The van der Waals surface area contributed by atoms with Gasteiger partial charge in [0, 0.05) is 24.3 Å². The van der Waals surface area contributed by atoms with E-state index in [-0.39, 0.29) is 15.9 Å². The quantitative estimate of drug-likeness (QED) is 0.560. The maximum absolute atomic E-state index is 12.9.